The Hall–Kier alpha value is -3.85. The molecular weight excluding hydrogens is 492 g/mol. The van der Waals surface area contributed by atoms with Gasteiger partial charge in [0.15, 0.2) is 5.75 Å². The van der Waals surface area contributed by atoms with Crippen LogP contribution in [0.5, 0.6) is 11.5 Å². The minimum atomic E-state index is -3.48. The molecule has 0 aliphatic rings. The third-order valence-corrected chi connectivity index (χ3v) is 5.66. The zero-order chi connectivity index (χ0) is 25.0. The van der Waals surface area contributed by atoms with Crippen LogP contribution in [0.4, 0.5) is 5.95 Å². The fourth-order valence-electron chi connectivity index (χ4n) is 3.39. The number of nitrogens with zero attached hydrogens (tertiary/aromatic N) is 4. The maximum atomic E-state index is 11.4. The van der Waals surface area contributed by atoms with Gasteiger partial charge < -0.3 is 19.8 Å². The van der Waals surface area contributed by atoms with E-state index in [1.165, 1.54) is 6.20 Å². The molecule has 0 atom stereocenters. The number of nitrogens with one attached hydrogen (secondary N) is 1. The summed E-state index contributed by atoms with van der Waals surface area (Å²) >= 11 is 6.39. The Morgan fingerprint density at radius 3 is 2.77 bits per heavy atom. The molecule has 0 unspecified atom stereocenters. The molecule has 0 radical (unpaired) electrons. The highest BCUT2D eigenvalue weighted by Gasteiger charge is 2.14. The smallest absolute Gasteiger partial charge is 0.236 e. The lowest BCUT2D eigenvalue weighted by Gasteiger charge is -2.13. The molecule has 0 spiro atoms. The zero-order valence-corrected chi connectivity index (χ0v) is 20.2. The number of hydrogen-bond donors (Lipinski definition) is 2. The average molecular weight is 513 g/mol. The van der Waals surface area contributed by atoms with Crippen LogP contribution in [0.1, 0.15) is 11.3 Å². The number of nitrogens with two attached hydrogens (primary N) is 1. The number of aromatic nitrogens is 3. The van der Waals surface area contributed by atoms with E-state index in [-0.39, 0.29) is 19.2 Å². The number of benzene rings is 2. The Morgan fingerprint density at radius 1 is 1.20 bits per heavy atom. The van der Waals surface area contributed by atoms with Crippen molar-refractivity contribution in [2.45, 2.75) is 6.61 Å². The molecule has 0 aliphatic carbocycles. The van der Waals surface area contributed by atoms with Crippen LogP contribution < -0.4 is 19.9 Å². The van der Waals surface area contributed by atoms with Gasteiger partial charge in [0, 0.05) is 30.0 Å². The van der Waals surface area contributed by atoms with Crippen LogP contribution in [0, 0.1) is 11.3 Å². The van der Waals surface area contributed by atoms with E-state index in [4.69, 9.17) is 26.8 Å². The monoisotopic (exact) mass is 512 g/mol. The summed E-state index contributed by atoms with van der Waals surface area (Å²) in [6.45, 7) is 0.692. The molecule has 180 valence electrons. The zero-order valence-electron chi connectivity index (χ0n) is 18.6. The molecule has 0 aliphatic heterocycles. The van der Waals surface area contributed by atoms with Gasteiger partial charge in [0.05, 0.1) is 28.1 Å². The van der Waals surface area contributed by atoms with Gasteiger partial charge in [-0.25, -0.2) is 18.4 Å². The van der Waals surface area contributed by atoms with Crippen molar-refractivity contribution in [3.8, 4) is 23.3 Å². The van der Waals surface area contributed by atoms with Crippen LogP contribution in [0.2, 0.25) is 5.02 Å². The summed E-state index contributed by atoms with van der Waals surface area (Å²) in [4.78, 5) is 8.03. The molecule has 0 saturated carbocycles. The molecule has 0 saturated heterocycles. The highest BCUT2D eigenvalue weighted by atomic mass is 35.5. The van der Waals surface area contributed by atoms with E-state index in [1.807, 2.05) is 29.0 Å². The van der Waals surface area contributed by atoms with E-state index in [2.05, 4.69) is 20.8 Å². The van der Waals surface area contributed by atoms with E-state index < -0.39 is 10.0 Å². The fourth-order valence-corrected chi connectivity index (χ4v) is 4.09. The third kappa shape index (κ3) is 5.81. The molecule has 0 fully saturated rings. The topological polar surface area (TPSA) is 145 Å². The van der Waals surface area contributed by atoms with Crippen molar-refractivity contribution in [2.24, 2.45) is 5.73 Å². The van der Waals surface area contributed by atoms with E-state index in [0.29, 0.717) is 40.0 Å². The largest absolute Gasteiger partial charge is 0.489 e. The summed E-state index contributed by atoms with van der Waals surface area (Å²) in [6, 6.07) is 14.7. The molecular formula is C23H21ClN6O4S. The second-order valence-electron chi connectivity index (χ2n) is 7.49. The molecule has 4 rings (SSSR count). The molecule has 0 bridgehead atoms. The first-order chi connectivity index (χ1) is 16.8. The summed E-state index contributed by atoms with van der Waals surface area (Å²) in [6.07, 6.45) is 4.35. The highest BCUT2D eigenvalue weighted by molar-refractivity contribution is 7.91. The predicted octanol–water partition coefficient (Wildman–Crippen LogP) is 3.23. The van der Waals surface area contributed by atoms with E-state index >= 15 is 0 Å². The minimum Gasteiger partial charge on any atom is -0.489 e. The van der Waals surface area contributed by atoms with Crippen LogP contribution in [-0.4, -0.2) is 42.4 Å². The summed E-state index contributed by atoms with van der Waals surface area (Å²) in [5.41, 5.74) is 7.91. The second-order valence-corrected chi connectivity index (χ2v) is 9.65. The van der Waals surface area contributed by atoms with Crippen molar-refractivity contribution in [3.63, 3.8) is 0 Å². The first-order valence-electron chi connectivity index (χ1n) is 10.4. The van der Waals surface area contributed by atoms with Gasteiger partial charge in [0.2, 0.25) is 16.0 Å². The molecule has 4 aromatic rings. The summed E-state index contributed by atoms with van der Waals surface area (Å²) in [7, 11) is -3.48. The molecule has 2 heterocycles. The molecule has 12 heteroatoms. The van der Waals surface area contributed by atoms with Crippen molar-refractivity contribution in [1.82, 2.24) is 14.5 Å². The lowest BCUT2D eigenvalue weighted by molar-refractivity contribution is 0.301. The maximum absolute atomic E-state index is 11.4. The number of rotatable bonds is 9. The Bertz CT molecular complexity index is 1530. The van der Waals surface area contributed by atoms with Crippen molar-refractivity contribution in [1.29, 1.82) is 5.26 Å². The predicted molar refractivity (Wildman–Crippen MR) is 132 cm³/mol. The maximum Gasteiger partial charge on any atom is 0.236 e. The Balaban J connectivity index is 1.55. The first-order valence-corrected chi connectivity index (χ1v) is 12.6. The van der Waals surface area contributed by atoms with Crippen LogP contribution in [0.3, 0.4) is 0 Å². The van der Waals surface area contributed by atoms with Gasteiger partial charge in [-0.15, -0.1) is 0 Å². The number of nitriles is 1. The summed E-state index contributed by atoms with van der Waals surface area (Å²) in [5, 5.41) is 10.8. The van der Waals surface area contributed by atoms with Gasteiger partial charge in [0.1, 0.15) is 25.0 Å². The van der Waals surface area contributed by atoms with E-state index in [0.717, 1.165) is 17.2 Å². The number of hydrogen-bond acceptors (Lipinski definition) is 8. The Labute approximate surface area is 206 Å². The summed E-state index contributed by atoms with van der Waals surface area (Å²) in [5.74, 6) is 0.902. The molecule has 10 nitrogen and oxygen atoms in total. The minimum absolute atomic E-state index is 0.0176. The van der Waals surface area contributed by atoms with Crippen LogP contribution in [-0.2, 0) is 16.6 Å². The van der Waals surface area contributed by atoms with Crippen LogP contribution in [0.25, 0.3) is 16.6 Å². The fraction of sp³-hybridized carbons (Fsp3) is 0.174. The average Bonchev–Trinajstić information content (AvgIpc) is 3.24. The standard InChI is InChI=1S/C23H21ClN6O4S/c1-35(31,32)29-23-27-7-4-17(28-23)14-34-19-2-3-21-15(11-19)5-8-30(21)18-10-16(13-26)22(20(24)12-18)33-9-6-25/h2-5,7-8,10-12H,6,9,14,25H2,1H3,(H,27,28,29). The number of anilines is 1. The first kappa shape index (κ1) is 24.3. The molecule has 2 aromatic carbocycles. The second kappa shape index (κ2) is 10.2. The molecule has 0 amide bonds. The van der Waals surface area contributed by atoms with E-state index in [1.54, 1.807) is 24.3 Å². The number of ether oxygens (including phenoxy) is 2. The van der Waals surface area contributed by atoms with Gasteiger partial charge >= 0.3 is 0 Å². The lowest BCUT2D eigenvalue weighted by atomic mass is 10.2. The van der Waals surface area contributed by atoms with Gasteiger partial charge in [-0.2, -0.15) is 5.26 Å². The number of halogens is 1. The highest BCUT2D eigenvalue weighted by Crippen LogP contribution is 2.33. The Kier molecular flexibility index (Phi) is 7.07. The van der Waals surface area contributed by atoms with Gasteiger partial charge in [-0.1, -0.05) is 11.6 Å². The van der Waals surface area contributed by atoms with Crippen molar-refractivity contribution in [2.75, 3.05) is 24.1 Å². The van der Waals surface area contributed by atoms with Crippen molar-refractivity contribution in [3.05, 3.63) is 71.1 Å². The van der Waals surface area contributed by atoms with E-state index in [9.17, 15) is 13.7 Å². The van der Waals surface area contributed by atoms with Crippen molar-refractivity contribution >= 4 is 38.5 Å². The quantitative estimate of drug-likeness (QED) is 0.347. The molecule has 35 heavy (non-hydrogen) atoms. The SMILES string of the molecule is CS(=O)(=O)Nc1nccc(COc2ccc3c(ccn3-c3cc(Cl)c(OCCN)c(C#N)c3)c2)n1. The van der Waals surface area contributed by atoms with Gasteiger partial charge in [-0.05, 0) is 42.5 Å². The number of fused-ring (bicyclic) bond motifs is 1. The lowest BCUT2D eigenvalue weighted by Crippen LogP contribution is -2.13. The molecule has 2 aromatic heterocycles. The summed E-state index contributed by atoms with van der Waals surface area (Å²) < 4.78 is 38.3. The molecule has 3 N–H and O–H groups in total. The third-order valence-electron chi connectivity index (χ3n) is 4.83. The van der Waals surface area contributed by atoms with Gasteiger partial charge in [0.25, 0.3) is 0 Å². The van der Waals surface area contributed by atoms with Gasteiger partial charge in [-0.3, -0.25) is 4.72 Å². The normalized spacial score (nSPS) is 11.3. The Morgan fingerprint density at radius 2 is 2.03 bits per heavy atom. The van der Waals surface area contributed by atoms with Crippen molar-refractivity contribution < 1.29 is 17.9 Å². The van der Waals surface area contributed by atoms with Crippen LogP contribution >= 0.6 is 11.6 Å². The number of sulfonamides is 1. The van der Waals surface area contributed by atoms with Crippen LogP contribution in [0.15, 0.2) is 54.9 Å².